The van der Waals surface area contributed by atoms with Crippen molar-refractivity contribution in [2.45, 2.75) is 331 Å². The van der Waals surface area contributed by atoms with Crippen LogP contribution >= 0.6 is 0 Å². The Kier molecular flexibility index (Phi) is 43.1. The lowest BCUT2D eigenvalue weighted by Crippen LogP contribution is -2.25. The van der Waals surface area contributed by atoms with Gasteiger partial charge in [-0.1, -0.05) is 251 Å². The summed E-state index contributed by atoms with van der Waals surface area (Å²) in [6.45, 7) is 45.9. The van der Waals surface area contributed by atoms with E-state index in [0.29, 0.717) is 142 Å². The van der Waals surface area contributed by atoms with Crippen molar-refractivity contribution in [2.24, 2.45) is 88.8 Å². The second-order valence-corrected chi connectivity index (χ2v) is 44.1. The zero-order valence-corrected chi connectivity index (χ0v) is 90.1. The topological polar surface area (TPSA) is 90.2 Å². The second-order valence-electron chi connectivity index (χ2n) is 44.1. The van der Waals surface area contributed by atoms with Crippen molar-refractivity contribution in [2.75, 3.05) is 0 Å². The number of benzene rings is 2. The Morgan fingerprint density at radius 3 is 0.768 bits per heavy atom. The van der Waals surface area contributed by atoms with E-state index in [-0.39, 0.29) is 0 Å². The molecule has 24 unspecified atom stereocenters. The number of fused-ring (bicyclic) bond motifs is 3. The fraction of sp³-hybridized carbons (Fsp3) is 0.489. The summed E-state index contributed by atoms with van der Waals surface area (Å²) in [5.41, 5.74) is 23.8. The van der Waals surface area contributed by atoms with Crippen molar-refractivity contribution < 1.29 is 0 Å². The molecule has 0 amide bonds. The largest absolute Gasteiger partial charge is 0.265 e. The average Bonchev–Trinajstić information content (AvgIpc) is 0.809. The molecule has 0 saturated heterocycles. The number of hydrogen-bond acceptors (Lipinski definition) is 7. The van der Waals surface area contributed by atoms with Gasteiger partial charge in [0, 0.05) is 86.8 Å². The summed E-state index contributed by atoms with van der Waals surface area (Å²) in [4.78, 5) is 29.5. The van der Waals surface area contributed by atoms with Gasteiger partial charge in [-0.3, -0.25) is 34.9 Å². The minimum absolute atomic E-state index is 0.512. The van der Waals surface area contributed by atoms with Gasteiger partial charge in [0.15, 0.2) is 0 Å². The molecule has 24 atom stereocenters. The summed E-state index contributed by atoms with van der Waals surface area (Å²) in [6, 6.07) is 44.1. The molecule has 7 nitrogen and oxygen atoms in total. The van der Waals surface area contributed by atoms with E-state index in [1.807, 2.05) is 86.8 Å². The first-order chi connectivity index (χ1) is 69.2. The van der Waals surface area contributed by atoms with E-state index in [9.17, 15) is 0 Å². The van der Waals surface area contributed by atoms with Gasteiger partial charge in [0.2, 0.25) is 0 Å². The smallest absolute Gasteiger partial charge is 0.0270 e. The van der Waals surface area contributed by atoms with Gasteiger partial charge >= 0.3 is 0 Å². The van der Waals surface area contributed by atoms with Gasteiger partial charge in [0.1, 0.15) is 0 Å². The van der Waals surface area contributed by atoms with E-state index in [0.717, 1.165) is 23.3 Å². The monoisotopic (exact) mass is 1900 g/mol. The normalized spacial score (nSPS) is 22.9. The lowest BCUT2D eigenvalue weighted by atomic mass is 9.68. The number of hydrogen-bond donors (Lipinski definition) is 0. The van der Waals surface area contributed by atoms with Crippen LogP contribution in [0.25, 0.3) is 13.2 Å². The summed E-state index contributed by atoms with van der Waals surface area (Å²) >= 11 is 0. The predicted molar refractivity (Wildman–Crippen MR) is 605 cm³/mol. The lowest BCUT2D eigenvalue weighted by Gasteiger charge is -2.37. The Morgan fingerprint density at radius 1 is 0.232 bits per heavy atom. The molecular weight excluding hydrogens is 1720 g/mol. The van der Waals surface area contributed by atoms with E-state index in [2.05, 4.69) is 371 Å². The maximum atomic E-state index is 4.30. The van der Waals surface area contributed by atoms with E-state index in [4.69, 9.17) is 0 Å². The highest BCUT2D eigenvalue weighted by molar-refractivity contribution is 5.42. The molecule has 1 saturated carbocycles. The first kappa shape index (κ1) is 109. The molecule has 9 aromatic rings. The predicted octanol–water partition coefficient (Wildman–Crippen LogP) is 35.1. The van der Waals surface area contributed by atoms with Crippen LogP contribution in [0.4, 0.5) is 0 Å². The maximum Gasteiger partial charge on any atom is 0.0270 e. The third-order valence-corrected chi connectivity index (χ3v) is 35.0. The summed E-state index contributed by atoms with van der Waals surface area (Å²) < 4.78 is 0. The molecule has 7 aromatic heterocycles. The van der Waals surface area contributed by atoms with Gasteiger partial charge in [0.05, 0.1) is 0 Å². The van der Waals surface area contributed by atoms with Crippen molar-refractivity contribution >= 4 is 13.2 Å². The molecule has 16 rings (SSSR count). The Balaban J connectivity index is 0.000000178. The highest BCUT2D eigenvalue weighted by atomic mass is 14.6. The SMILES string of the molecule is C=c1ccc(C(CC)CC(C)c2ccncc2)cc1=C.CCC(CC(C)c1ccncc1)C1=CC(CC)C(CCC2C=C(C(CC)CC(C)c3ccncc3)C=CC2CCC2C=C(C(CC)CC(C)c3ccncc3)C=CC2CC)C=C1.CCC(CC(C)c1ccncc1)C1=CC2CCC3C=CC(C(CC)CC(C)c4ccncc4)=CC3CCC2C=C1.CCC(CC(C)c1ccncc1)c1ccc2c(c1)CC2. The third-order valence-electron chi connectivity index (χ3n) is 35.0. The van der Waals surface area contributed by atoms with Crippen molar-refractivity contribution in [1.82, 2.24) is 34.9 Å². The zero-order valence-electron chi connectivity index (χ0n) is 90.1. The van der Waals surface area contributed by atoms with Crippen LogP contribution in [0, 0.1) is 88.8 Å². The molecule has 7 heteroatoms. The molecule has 0 spiro atoms. The Morgan fingerprint density at radius 2 is 0.479 bits per heavy atom. The molecule has 7 aliphatic carbocycles. The quantitative estimate of drug-likeness (QED) is 0.0376. The number of aromatic nitrogens is 7. The highest BCUT2D eigenvalue weighted by Gasteiger charge is 2.36. The molecule has 752 valence electrons. The van der Waals surface area contributed by atoms with Crippen molar-refractivity contribution in [3.8, 4) is 0 Å². The summed E-state index contributed by atoms with van der Waals surface area (Å²) in [5, 5.41) is 2.06. The van der Waals surface area contributed by atoms with Gasteiger partial charge in [0.25, 0.3) is 0 Å². The van der Waals surface area contributed by atoms with Gasteiger partial charge in [-0.2, -0.15) is 0 Å². The number of aryl methyl sites for hydroxylation is 2. The molecule has 142 heavy (non-hydrogen) atoms. The Labute approximate surface area is 860 Å². The fourth-order valence-electron chi connectivity index (χ4n) is 25.1. The van der Waals surface area contributed by atoms with E-state index in [1.54, 1.807) is 39.0 Å². The zero-order chi connectivity index (χ0) is 100. The van der Waals surface area contributed by atoms with Crippen LogP contribution in [0.3, 0.4) is 0 Å². The molecule has 0 radical (unpaired) electrons. The van der Waals surface area contributed by atoms with Gasteiger partial charge < -0.3 is 0 Å². The first-order valence-electron chi connectivity index (χ1n) is 56.4. The van der Waals surface area contributed by atoms with Crippen LogP contribution in [-0.2, 0) is 12.8 Å². The Bertz CT molecular complexity index is 5590. The van der Waals surface area contributed by atoms with Crippen LogP contribution in [0.1, 0.15) is 379 Å². The van der Waals surface area contributed by atoms with Crippen LogP contribution in [0.2, 0.25) is 0 Å². The van der Waals surface area contributed by atoms with Gasteiger partial charge in [-0.25, -0.2) is 0 Å². The van der Waals surface area contributed by atoms with Gasteiger partial charge in [-0.05, 0) is 493 Å². The Hall–Kier alpha value is -10.4. The minimum atomic E-state index is 0.512. The number of pyridine rings is 7. The minimum Gasteiger partial charge on any atom is -0.265 e. The molecular formula is C135H177N7. The van der Waals surface area contributed by atoms with E-state index >= 15 is 0 Å². The molecule has 0 aliphatic heterocycles. The van der Waals surface area contributed by atoms with Crippen LogP contribution in [0.15, 0.2) is 327 Å². The van der Waals surface area contributed by atoms with E-state index in [1.165, 1.54) is 204 Å². The van der Waals surface area contributed by atoms with Crippen molar-refractivity contribution in [3.05, 3.63) is 399 Å². The second kappa shape index (κ2) is 56.2. The highest BCUT2D eigenvalue weighted by Crippen LogP contribution is 2.49. The summed E-state index contributed by atoms with van der Waals surface area (Å²) in [6.07, 6.45) is 98.2. The van der Waals surface area contributed by atoms with Crippen LogP contribution < -0.4 is 10.4 Å². The first-order valence-corrected chi connectivity index (χ1v) is 56.4. The molecule has 2 aromatic carbocycles. The van der Waals surface area contributed by atoms with E-state index < -0.39 is 0 Å². The lowest BCUT2D eigenvalue weighted by molar-refractivity contribution is 0.278. The third kappa shape index (κ3) is 30.9. The van der Waals surface area contributed by atoms with Crippen LogP contribution in [0.5, 0.6) is 0 Å². The average molecular weight is 1900 g/mol. The fourth-order valence-corrected chi connectivity index (χ4v) is 25.1. The number of allylic oxidation sites excluding steroid dienone is 20. The molecule has 7 heterocycles. The van der Waals surface area contributed by atoms with Crippen LogP contribution in [-0.4, -0.2) is 34.9 Å². The van der Waals surface area contributed by atoms with Gasteiger partial charge in [-0.15, -0.1) is 0 Å². The molecule has 7 aliphatic rings. The van der Waals surface area contributed by atoms with Crippen molar-refractivity contribution in [3.63, 3.8) is 0 Å². The summed E-state index contributed by atoms with van der Waals surface area (Å²) in [5.74, 6) is 14.5. The van der Waals surface area contributed by atoms with Crippen molar-refractivity contribution in [1.29, 1.82) is 0 Å². The standard InChI is InChI=1S/C59H81N3.C38H50N2.2C19H23N/c1-9-45-14-19-57(47(11-3)37-43(7)51-26-32-61-33-27-51)40-55(45)20-17-54-18-22-58(48(12-4)38-44(8)52-28-34-62-35-29-52)41-59(54)23-16-53-15-21-56(39-49(53)13-5)46(10-2)36-42(6)50-24-30-60-31-25-50;1-5-29(23-27(3)31-15-19-39-20-16-31)35-11-7-33-10-14-38-26-36(12-8-34(38)9-13-37(33)25-35)30(6-2)24-28(4)32-17-21-40-22-18-32;1-3-15(12-14(2)16-8-10-20-11-9-16)18-6-4-17-5-7-19(17)13-18;1-5-17(19-7-6-14(2)15(3)12-19)13-16(4)18-8-10-20-11-9-18/h14-15,18-19,21-22,24-35,39-49,53-55,59H,9-13,16-17,20,23,36-38H2,1-8H3;7-8,11-12,15-22,25-30,33-34,37-38H,5-6,9-10,13-14,23-24H2,1-4H3;4,6,8-11,13-15H,3,5,7,12H2,1-2H3;6-12,16-17H,2-3,5,13H2,1,4H3. The number of nitrogens with zero attached hydrogens (tertiary/aromatic N) is 7. The molecule has 1 fully saturated rings. The summed E-state index contributed by atoms with van der Waals surface area (Å²) in [7, 11) is 0. The number of rotatable bonds is 43. The maximum absolute atomic E-state index is 4.30. The molecule has 0 bridgehead atoms. The molecule has 0 N–H and O–H groups in total.